The van der Waals surface area contributed by atoms with E-state index in [0.717, 1.165) is 30.7 Å². The van der Waals surface area contributed by atoms with Gasteiger partial charge < -0.3 is 5.32 Å². The van der Waals surface area contributed by atoms with Crippen molar-refractivity contribution in [2.45, 2.75) is 59.4 Å². The summed E-state index contributed by atoms with van der Waals surface area (Å²) >= 11 is 0. The summed E-state index contributed by atoms with van der Waals surface area (Å²) in [6.07, 6.45) is 5.47. The van der Waals surface area contributed by atoms with Crippen molar-refractivity contribution in [2.24, 2.45) is 23.2 Å². The Hall–Kier alpha value is -0.480. The minimum absolute atomic E-state index is 0.149. The maximum absolute atomic E-state index is 3.66. The second-order valence-corrected chi connectivity index (χ2v) is 6.76. The van der Waals surface area contributed by atoms with Gasteiger partial charge in [0.1, 0.15) is 0 Å². The number of fused-ring (bicyclic) bond motifs is 1. The second kappa shape index (κ2) is 5.02. The van der Waals surface area contributed by atoms with Gasteiger partial charge in [0, 0.05) is 17.9 Å². The lowest BCUT2D eigenvalue weighted by atomic mass is 9.96. The first-order valence-corrected chi connectivity index (χ1v) is 7.26. The Morgan fingerprint density at radius 1 is 1.24 bits per heavy atom. The van der Waals surface area contributed by atoms with Gasteiger partial charge in [-0.3, -0.25) is 0 Å². The molecule has 3 atom stereocenters. The first-order chi connectivity index (χ1) is 8.03. The lowest BCUT2D eigenvalue weighted by Gasteiger charge is -2.17. The third kappa shape index (κ3) is 3.26. The predicted octanol–water partition coefficient (Wildman–Crippen LogP) is 3.45. The predicted molar refractivity (Wildman–Crippen MR) is 73.6 cm³/mol. The summed E-state index contributed by atoms with van der Waals surface area (Å²) in [6.45, 7) is 9.86. The van der Waals surface area contributed by atoms with Gasteiger partial charge in [-0.05, 0) is 57.9 Å². The molecule has 0 amide bonds. The van der Waals surface area contributed by atoms with Crippen LogP contribution >= 0.6 is 0 Å². The van der Waals surface area contributed by atoms with Crippen molar-refractivity contribution >= 4 is 0 Å². The summed E-state index contributed by atoms with van der Waals surface area (Å²) in [5.74, 6) is 9.80. The van der Waals surface area contributed by atoms with Gasteiger partial charge in [-0.1, -0.05) is 19.3 Å². The average Bonchev–Trinajstić information content (AvgIpc) is 2.68. The van der Waals surface area contributed by atoms with E-state index in [-0.39, 0.29) is 5.41 Å². The van der Waals surface area contributed by atoms with E-state index in [0.29, 0.717) is 6.04 Å². The Labute approximate surface area is 107 Å². The van der Waals surface area contributed by atoms with E-state index in [1.807, 2.05) is 0 Å². The molecule has 1 nitrogen and oxygen atoms in total. The van der Waals surface area contributed by atoms with Crippen LogP contribution in [0.5, 0.6) is 0 Å². The number of rotatable bonds is 4. The molecule has 2 fully saturated rings. The lowest BCUT2D eigenvalue weighted by molar-refractivity contribution is 0.419. The SMILES string of the molecule is CCNC(CC#CC(C)(C)C)C1C2CCCC21. The summed E-state index contributed by atoms with van der Waals surface area (Å²) in [5.41, 5.74) is 0.149. The molecule has 0 aromatic carbocycles. The Balaban J connectivity index is 1.87. The molecule has 3 unspecified atom stereocenters. The highest BCUT2D eigenvalue weighted by molar-refractivity contribution is 5.13. The molecule has 2 aliphatic rings. The normalized spacial score (nSPS) is 32.6. The topological polar surface area (TPSA) is 12.0 Å². The van der Waals surface area contributed by atoms with Crippen LogP contribution in [0, 0.1) is 35.0 Å². The van der Waals surface area contributed by atoms with Crippen molar-refractivity contribution in [3.63, 3.8) is 0 Å². The highest BCUT2D eigenvalue weighted by Gasteiger charge is 2.55. The number of nitrogens with one attached hydrogen (secondary N) is 1. The first kappa shape index (κ1) is 13.0. The van der Waals surface area contributed by atoms with Crippen molar-refractivity contribution in [3.8, 4) is 11.8 Å². The fourth-order valence-corrected chi connectivity index (χ4v) is 3.51. The molecule has 2 rings (SSSR count). The number of hydrogen-bond donors (Lipinski definition) is 1. The molecule has 1 heteroatoms. The van der Waals surface area contributed by atoms with Crippen LogP contribution in [0.4, 0.5) is 0 Å². The fraction of sp³-hybridized carbons (Fsp3) is 0.875. The van der Waals surface area contributed by atoms with E-state index in [9.17, 15) is 0 Å². The Kier molecular flexibility index (Phi) is 3.83. The van der Waals surface area contributed by atoms with E-state index < -0.39 is 0 Å². The number of hydrogen-bond acceptors (Lipinski definition) is 1. The maximum atomic E-state index is 3.66. The molecule has 0 bridgehead atoms. The molecule has 1 N–H and O–H groups in total. The Morgan fingerprint density at radius 2 is 1.88 bits per heavy atom. The monoisotopic (exact) mass is 233 g/mol. The third-order valence-corrected chi connectivity index (χ3v) is 4.19. The van der Waals surface area contributed by atoms with E-state index in [1.165, 1.54) is 19.3 Å². The minimum atomic E-state index is 0.149. The van der Waals surface area contributed by atoms with Gasteiger partial charge in [0.05, 0.1) is 0 Å². The van der Waals surface area contributed by atoms with Crippen molar-refractivity contribution < 1.29 is 0 Å². The van der Waals surface area contributed by atoms with Crippen LogP contribution in [0.25, 0.3) is 0 Å². The standard InChI is InChI=1S/C16H27N/c1-5-17-14(10-7-11-16(2,3)4)15-12-8-6-9-13(12)15/h12-15,17H,5-6,8-10H2,1-4H3. The van der Waals surface area contributed by atoms with Crippen molar-refractivity contribution in [2.75, 3.05) is 6.54 Å². The summed E-state index contributed by atoms with van der Waals surface area (Å²) in [6, 6.07) is 0.658. The molecule has 2 saturated carbocycles. The van der Waals surface area contributed by atoms with Crippen molar-refractivity contribution in [3.05, 3.63) is 0 Å². The molecular weight excluding hydrogens is 206 g/mol. The molecule has 0 saturated heterocycles. The third-order valence-electron chi connectivity index (χ3n) is 4.19. The summed E-state index contributed by atoms with van der Waals surface area (Å²) in [5, 5.41) is 3.66. The Morgan fingerprint density at radius 3 is 2.41 bits per heavy atom. The lowest BCUT2D eigenvalue weighted by Crippen LogP contribution is -2.32. The maximum Gasteiger partial charge on any atom is 0.0246 e. The first-order valence-electron chi connectivity index (χ1n) is 7.26. The van der Waals surface area contributed by atoms with Gasteiger partial charge in [0.2, 0.25) is 0 Å². The Bertz CT molecular complexity index is 305. The van der Waals surface area contributed by atoms with Gasteiger partial charge in [0.15, 0.2) is 0 Å². The van der Waals surface area contributed by atoms with Crippen LogP contribution in [0.2, 0.25) is 0 Å². The highest BCUT2D eigenvalue weighted by Crippen LogP contribution is 2.59. The minimum Gasteiger partial charge on any atom is -0.313 e. The van der Waals surface area contributed by atoms with Gasteiger partial charge in [-0.2, -0.15) is 0 Å². The zero-order valence-electron chi connectivity index (χ0n) is 11.8. The van der Waals surface area contributed by atoms with Gasteiger partial charge in [0.25, 0.3) is 0 Å². The van der Waals surface area contributed by atoms with Crippen LogP contribution in [-0.2, 0) is 0 Å². The van der Waals surface area contributed by atoms with Gasteiger partial charge >= 0.3 is 0 Å². The zero-order valence-corrected chi connectivity index (χ0v) is 11.8. The van der Waals surface area contributed by atoms with Crippen molar-refractivity contribution in [1.29, 1.82) is 0 Å². The van der Waals surface area contributed by atoms with Crippen LogP contribution in [0.15, 0.2) is 0 Å². The molecule has 96 valence electrons. The molecule has 0 aliphatic heterocycles. The zero-order chi connectivity index (χ0) is 12.5. The van der Waals surface area contributed by atoms with E-state index >= 15 is 0 Å². The fourth-order valence-electron chi connectivity index (χ4n) is 3.51. The summed E-state index contributed by atoms with van der Waals surface area (Å²) in [7, 11) is 0. The average molecular weight is 233 g/mol. The van der Waals surface area contributed by atoms with Crippen LogP contribution in [0.3, 0.4) is 0 Å². The van der Waals surface area contributed by atoms with Gasteiger partial charge in [-0.25, -0.2) is 0 Å². The van der Waals surface area contributed by atoms with Crippen LogP contribution in [-0.4, -0.2) is 12.6 Å². The second-order valence-electron chi connectivity index (χ2n) is 6.76. The van der Waals surface area contributed by atoms with Gasteiger partial charge in [-0.15, -0.1) is 5.92 Å². The summed E-state index contributed by atoms with van der Waals surface area (Å²) in [4.78, 5) is 0. The molecule has 0 spiro atoms. The quantitative estimate of drug-likeness (QED) is 0.733. The van der Waals surface area contributed by atoms with E-state index in [4.69, 9.17) is 0 Å². The summed E-state index contributed by atoms with van der Waals surface area (Å²) < 4.78 is 0. The van der Waals surface area contributed by atoms with Crippen LogP contribution < -0.4 is 5.32 Å². The van der Waals surface area contributed by atoms with Crippen molar-refractivity contribution in [1.82, 2.24) is 5.32 Å². The smallest absolute Gasteiger partial charge is 0.0246 e. The molecule has 0 aromatic heterocycles. The molecule has 2 aliphatic carbocycles. The highest BCUT2D eigenvalue weighted by atomic mass is 14.9. The molecular formula is C16H27N. The molecule has 0 heterocycles. The largest absolute Gasteiger partial charge is 0.313 e. The van der Waals surface area contributed by atoms with Crippen LogP contribution in [0.1, 0.15) is 53.4 Å². The molecule has 17 heavy (non-hydrogen) atoms. The molecule has 0 radical (unpaired) electrons. The van der Waals surface area contributed by atoms with E-state index in [1.54, 1.807) is 0 Å². The van der Waals surface area contributed by atoms with E-state index in [2.05, 4.69) is 44.9 Å². The molecule has 0 aromatic rings.